The molecule has 2 rings (SSSR count). The first-order valence-electron chi connectivity index (χ1n) is 5.78. The smallest absolute Gasteiger partial charge is 0.437 e. The van der Waals surface area contributed by atoms with Gasteiger partial charge >= 0.3 is 11.9 Å². The zero-order valence-electron chi connectivity index (χ0n) is 10.7. The fourth-order valence-corrected chi connectivity index (χ4v) is 3.22. The first-order valence-corrected chi connectivity index (χ1v) is 7.45. The zero-order chi connectivity index (χ0) is 15.6. The minimum Gasteiger partial charge on any atom is -0.494 e. The molecule has 0 saturated heterocycles. The lowest BCUT2D eigenvalue weighted by Gasteiger charge is -2.04. The Kier molecular flexibility index (Phi) is 4.77. The second-order valence-electron chi connectivity index (χ2n) is 4.06. The molecule has 0 fully saturated rings. The van der Waals surface area contributed by atoms with Gasteiger partial charge in [-0.1, -0.05) is 0 Å². The van der Waals surface area contributed by atoms with Gasteiger partial charge in [-0.15, -0.1) is 16.4 Å². The standard InChI is InChI=1S/C11H10BrF3N2O3S/c1-19-7-6(12)5-21-8(7)9-16-17(10(18)20-9)4-2-3-11(13,14)15/h5H,2-4H2,1H3. The summed E-state index contributed by atoms with van der Waals surface area (Å²) < 4.78 is 47.9. The highest BCUT2D eigenvalue weighted by molar-refractivity contribution is 9.10. The van der Waals surface area contributed by atoms with Gasteiger partial charge in [-0.05, 0) is 22.4 Å². The summed E-state index contributed by atoms with van der Waals surface area (Å²) in [6.45, 7) is -0.156. The van der Waals surface area contributed by atoms with Crippen LogP contribution >= 0.6 is 27.3 Å². The lowest BCUT2D eigenvalue weighted by Crippen LogP contribution is -2.17. The van der Waals surface area contributed by atoms with Crippen LogP contribution in [0.2, 0.25) is 0 Å². The van der Waals surface area contributed by atoms with Crippen molar-refractivity contribution < 1.29 is 22.3 Å². The third-order valence-electron chi connectivity index (χ3n) is 2.54. The van der Waals surface area contributed by atoms with E-state index in [1.807, 2.05) is 0 Å². The van der Waals surface area contributed by atoms with Crippen molar-refractivity contribution in [2.45, 2.75) is 25.6 Å². The van der Waals surface area contributed by atoms with E-state index in [1.54, 1.807) is 5.38 Å². The quantitative estimate of drug-likeness (QED) is 0.786. The Balaban J connectivity index is 2.17. The molecule has 0 amide bonds. The minimum absolute atomic E-state index is 0.0274. The Bertz CT molecular complexity index is 677. The van der Waals surface area contributed by atoms with Gasteiger partial charge in [-0.25, -0.2) is 4.79 Å². The van der Waals surface area contributed by atoms with Crippen molar-refractivity contribution in [2.75, 3.05) is 7.11 Å². The molecule has 0 atom stereocenters. The van der Waals surface area contributed by atoms with Gasteiger partial charge in [0.25, 0.3) is 5.89 Å². The van der Waals surface area contributed by atoms with Crippen LogP contribution in [0.4, 0.5) is 13.2 Å². The van der Waals surface area contributed by atoms with E-state index in [0.717, 1.165) is 4.68 Å². The Morgan fingerprint density at radius 1 is 1.52 bits per heavy atom. The van der Waals surface area contributed by atoms with E-state index in [1.165, 1.54) is 18.4 Å². The molecule has 0 saturated carbocycles. The maximum absolute atomic E-state index is 12.1. The lowest BCUT2D eigenvalue weighted by atomic mass is 10.3. The molecule has 2 aromatic rings. The number of aryl methyl sites for hydroxylation is 1. The van der Waals surface area contributed by atoms with Crippen molar-refractivity contribution in [1.82, 2.24) is 9.78 Å². The molecule has 0 N–H and O–H groups in total. The number of rotatable bonds is 5. The number of aromatic nitrogens is 2. The van der Waals surface area contributed by atoms with Crippen molar-refractivity contribution in [3.63, 3.8) is 0 Å². The highest BCUT2D eigenvalue weighted by Crippen LogP contribution is 2.40. The van der Waals surface area contributed by atoms with Crippen molar-refractivity contribution in [2.24, 2.45) is 0 Å². The Morgan fingerprint density at radius 2 is 2.24 bits per heavy atom. The normalized spacial score (nSPS) is 11.9. The van der Waals surface area contributed by atoms with Crippen LogP contribution < -0.4 is 10.5 Å². The van der Waals surface area contributed by atoms with Crippen LogP contribution in [0.15, 0.2) is 19.1 Å². The fourth-order valence-electron chi connectivity index (χ4n) is 1.63. The average Bonchev–Trinajstić information content (AvgIpc) is 2.91. The van der Waals surface area contributed by atoms with E-state index in [9.17, 15) is 18.0 Å². The van der Waals surface area contributed by atoms with Gasteiger partial charge in [0, 0.05) is 18.3 Å². The number of hydrogen-bond acceptors (Lipinski definition) is 5. The van der Waals surface area contributed by atoms with E-state index in [4.69, 9.17) is 9.15 Å². The van der Waals surface area contributed by atoms with Crippen molar-refractivity contribution in [1.29, 1.82) is 0 Å². The number of methoxy groups -OCH3 is 1. The molecule has 0 unspecified atom stereocenters. The van der Waals surface area contributed by atoms with Crippen LogP contribution in [0.5, 0.6) is 5.75 Å². The largest absolute Gasteiger partial charge is 0.494 e. The minimum atomic E-state index is -4.25. The van der Waals surface area contributed by atoms with Crippen LogP contribution in [0.25, 0.3) is 10.8 Å². The molecule has 2 heterocycles. The maximum atomic E-state index is 12.1. The van der Waals surface area contributed by atoms with Crippen LogP contribution in [0.3, 0.4) is 0 Å². The predicted molar refractivity (Wildman–Crippen MR) is 73.6 cm³/mol. The lowest BCUT2D eigenvalue weighted by molar-refractivity contribution is -0.136. The molecule has 0 aliphatic heterocycles. The summed E-state index contributed by atoms with van der Waals surface area (Å²) in [7, 11) is 1.45. The van der Waals surface area contributed by atoms with Gasteiger partial charge in [0.15, 0.2) is 5.75 Å². The first kappa shape index (κ1) is 16.1. The summed E-state index contributed by atoms with van der Waals surface area (Å²) >= 11 is 4.51. The highest BCUT2D eigenvalue weighted by atomic mass is 79.9. The molecule has 116 valence electrons. The van der Waals surface area contributed by atoms with Crippen molar-refractivity contribution in [3.05, 3.63) is 20.4 Å². The number of alkyl halides is 3. The van der Waals surface area contributed by atoms with E-state index < -0.39 is 18.4 Å². The molecule has 0 radical (unpaired) electrons. The van der Waals surface area contributed by atoms with E-state index in [0.29, 0.717) is 15.1 Å². The Hall–Kier alpha value is -1.29. The summed E-state index contributed by atoms with van der Waals surface area (Å²) in [6.07, 6.45) is -5.46. The van der Waals surface area contributed by atoms with Crippen LogP contribution in [0, 0.1) is 0 Å². The van der Waals surface area contributed by atoms with Gasteiger partial charge in [-0.3, -0.25) is 0 Å². The summed E-state index contributed by atoms with van der Waals surface area (Å²) in [4.78, 5) is 12.1. The van der Waals surface area contributed by atoms with E-state index in [-0.39, 0.29) is 18.9 Å². The number of thiophene rings is 1. The van der Waals surface area contributed by atoms with Crippen molar-refractivity contribution >= 4 is 27.3 Å². The Morgan fingerprint density at radius 3 is 2.86 bits per heavy atom. The van der Waals surface area contributed by atoms with Gasteiger partial charge in [-0.2, -0.15) is 17.9 Å². The monoisotopic (exact) mass is 386 g/mol. The first-order chi connectivity index (χ1) is 9.81. The molecule has 0 bridgehead atoms. The van der Waals surface area contributed by atoms with Crippen molar-refractivity contribution in [3.8, 4) is 16.5 Å². The summed E-state index contributed by atoms with van der Waals surface area (Å²) in [6, 6.07) is 0. The molecule has 2 aromatic heterocycles. The van der Waals surface area contributed by atoms with Crippen LogP contribution in [-0.4, -0.2) is 23.1 Å². The van der Waals surface area contributed by atoms with E-state index >= 15 is 0 Å². The van der Waals surface area contributed by atoms with Gasteiger partial charge in [0.05, 0.1) is 11.6 Å². The number of ether oxygens (including phenoxy) is 1. The number of hydrogen-bond donors (Lipinski definition) is 0. The van der Waals surface area contributed by atoms with Gasteiger partial charge < -0.3 is 9.15 Å². The van der Waals surface area contributed by atoms with Gasteiger partial charge in [0.1, 0.15) is 4.88 Å². The van der Waals surface area contributed by atoms with Gasteiger partial charge in [0.2, 0.25) is 0 Å². The SMILES string of the molecule is COc1c(Br)csc1-c1nn(CCCC(F)(F)F)c(=O)o1. The second kappa shape index (κ2) is 6.22. The highest BCUT2D eigenvalue weighted by Gasteiger charge is 2.26. The van der Waals surface area contributed by atoms with E-state index in [2.05, 4.69) is 21.0 Å². The molecule has 5 nitrogen and oxygen atoms in total. The number of halogens is 4. The summed E-state index contributed by atoms with van der Waals surface area (Å²) in [5.41, 5.74) is 0. The van der Waals surface area contributed by atoms with Crippen LogP contribution in [-0.2, 0) is 6.54 Å². The summed E-state index contributed by atoms with van der Waals surface area (Å²) in [5.74, 6) is -0.304. The topological polar surface area (TPSA) is 57.3 Å². The fraction of sp³-hybridized carbons (Fsp3) is 0.455. The maximum Gasteiger partial charge on any atom is 0.437 e. The third-order valence-corrected chi connectivity index (χ3v) is 4.38. The van der Waals surface area contributed by atoms with Crippen LogP contribution in [0.1, 0.15) is 12.8 Å². The second-order valence-corrected chi connectivity index (χ2v) is 5.79. The molecular formula is C11H10BrF3N2O3S. The molecule has 21 heavy (non-hydrogen) atoms. The molecule has 0 aliphatic carbocycles. The predicted octanol–water partition coefficient (Wildman–Crippen LogP) is 3.68. The molecule has 0 aliphatic rings. The third kappa shape index (κ3) is 3.88. The molecule has 10 heteroatoms. The molecule has 0 aromatic carbocycles. The molecular weight excluding hydrogens is 377 g/mol. The number of nitrogens with zero attached hydrogens (tertiary/aromatic N) is 2. The Labute approximate surface area is 129 Å². The average molecular weight is 387 g/mol. The zero-order valence-corrected chi connectivity index (χ0v) is 13.1. The molecule has 0 spiro atoms. The summed E-state index contributed by atoms with van der Waals surface area (Å²) in [5, 5.41) is 5.63.